The summed E-state index contributed by atoms with van der Waals surface area (Å²) in [5, 5.41) is 2.69. The van der Waals surface area contributed by atoms with Crippen molar-refractivity contribution in [1.82, 2.24) is 10.2 Å². The third-order valence-corrected chi connectivity index (χ3v) is 1.61. The minimum absolute atomic E-state index is 0.0234. The van der Waals surface area contributed by atoms with E-state index in [-0.39, 0.29) is 6.03 Å². The number of nitrogens with zero attached hydrogens (tertiary/aromatic N) is 1. The van der Waals surface area contributed by atoms with Crippen LogP contribution in [0.3, 0.4) is 0 Å². The number of hydrogen-bond donors (Lipinski definition) is 1. The molecule has 0 rings (SSSR count). The second-order valence-electron chi connectivity index (χ2n) is 2.43. The Morgan fingerprint density at radius 2 is 1.92 bits per heavy atom. The molecule has 0 aromatic heterocycles. The van der Waals surface area contributed by atoms with E-state index in [0.29, 0.717) is 0 Å². The molecule has 0 aliphatic carbocycles. The van der Waals surface area contributed by atoms with Crippen molar-refractivity contribution in [3.05, 3.63) is 12.3 Å². The van der Waals surface area contributed by atoms with Gasteiger partial charge < -0.3 is 10.2 Å². The molecule has 0 aliphatic heterocycles. The standard InChI is InChI=1S/C9H18N2O/c1-4-7-8-10-9(12)11(5-2)6-3/h7-8H,4-6H2,1-3H3,(H,10,12)/b8-7+. The largest absolute Gasteiger partial charge is 0.325 e. The van der Waals surface area contributed by atoms with Crippen molar-refractivity contribution in [1.29, 1.82) is 0 Å². The van der Waals surface area contributed by atoms with E-state index in [2.05, 4.69) is 5.32 Å². The highest BCUT2D eigenvalue weighted by Crippen LogP contribution is 1.87. The number of amides is 2. The fourth-order valence-electron chi connectivity index (χ4n) is 0.850. The lowest BCUT2D eigenvalue weighted by atomic mass is 10.5. The molecule has 0 spiro atoms. The Labute approximate surface area is 74.4 Å². The zero-order chi connectivity index (χ0) is 9.40. The first-order chi connectivity index (χ1) is 5.76. The summed E-state index contributed by atoms with van der Waals surface area (Å²) in [6, 6.07) is -0.0234. The number of rotatable bonds is 4. The van der Waals surface area contributed by atoms with Gasteiger partial charge in [0.05, 0.1) is 0 Å². The molecule has 0 atom stereocenters. The number of hydrogen-bond acceptors (Lipinski definition) is 1. The minimum atomic E-state index is -0.0234. The van der Waals surface area contributed by atoms with Gasteiger partial charge in [-0.2, -0.15) is 0 Å². The van der Waals surface area contributed by atoms with E-state index in [1.807, 2.05) is 26.8 Å². The third-order valence-electron chi connectivity index (χ3n) is 1.61. The molecule has 1 N–H and O–H groups in total. The highest BCUT2D eigenvalue weighted by molar-refractivity contribution is 5.75. The molecule has 3 heteroatoms. The molecule has 0 saturated heterocycles. The predicted octanol–water partition coefficient (Wildman–Crippen LogP) is 1.96. The second kappa shape index (κ2) is 6.70. The van der Waals surface area contributed by atoms with E-state index in [1.165, 1.54) is 0 Å². The number of carbonyl (C=O) groups is 1. The van der Waals surface area contributed by atoms with Crippen molar-refractivity contribution in [3.63, 3.8) is 0 Å². The first-order valence-corrected chi connectivity index (χ1v) is 4.46. The predicted molar refractivity (Wildman–Crippen MR) is 50.9 cm³/mol. The van der Waals surface area contributed by atoms with E-state index in [1.54, 1.807) is 11.1 Å². The average molecular weight is 170 g/mol. The van der Waals surface area contributed by atoms with Crippen molar-refractivity contribution < 1.29 is 4.79 Å². The quantitative estimate of drug-likeness (QED) is 0.687. The van der Waals surface area contributed by atoms with Crippen LogP contribution in [0.4, 0.5) is 4.79 Å². The summed E-state index contributed by atoms with van der Waals surface area (Å²) in [6.45, 7) is 7.46. The zero-order valence-electron chi connectivity index (χ0n) is 8.13. The Kier molecular flexibility index (Phi) is 6.15. The Balaban J connectivity index is 3.76. The lowest BCUT2D eigenvalue weighted by molar-refractivity contribution is 0.207. The van der Waals surface area contributed by atoms with Crippen LogP contribution in [0.5, 0.6) is 0 Å². The van der Waals surface area contributed by atoms with Gasteiger partial charge in [-0.25, -0.2) is 4.79 Å². The number of carbonyl (C=O) groups excluding carboxylic acids is 1. The van der Waals surface area contributed by atoms with Crippen LogP contribution in [0.2, 0.25) is 0 Å². The highest BCUT2D eigenvalue weighted by atomic mass is 16.2. The Morgan fingerprint density at radius 3 is 2.33 bits per heavy atom. The molecule has 0 aromatic rings. The number of allylic oxidation sites excluding steroid dienone is 1. The van der Waals surface area contributed by atoms with Crippen LogP contribution in [0.25, 0.3) is 0 Å². The van der Waals surface area contributed by atoms with E-state index < -0.39 is 0 Å². The average Bonchev–Trinajstić information content (AvgIpc) is 2.07. The maximum absolute atomic E-state index is 11.2. The first kappa shape index (κ1) is 11.0. The minimum Gasteiger partial charge on any atom is -0.325 e. The van der Waals surface area contributed by atoms with E-state index >= 15 is 0 Å². The fourth-order valence-corrected chi connectivity index (χ4v) is 0.850. The Morgan fingerprint density at radius 1 is 1.33 bits per heavy atom. The van der Waals surface area contributed by atoms with Crippen molar-refractivity contribution in [2.24, 2.45) is 0 Å². The van der Waals surface area contributed by atoms with E-state index in [9.17, 15) is 4.79 Å². The molecule has 2 amide bonds. The summed E-state index contributed by atoms with van der Waals surface area (Å²) in [4.78, 5) is 13.0. The summed E-state index contributed by atoms with van der Waals surface area (Å²) in [6.07, 6.45) is 4.56. The van der Waals surface area contributed by atoms with Gasteiger partial charge in [0.15, 0.2) is 0 Å². The summed E-state index contributed by atoms with van der Waals surface area (Å²) >= 11 is 0. The molecule has 0 saturated carbocycles. The van der Waals surface area contributed by atoms with Gasteiger partial charge >= 0.3 is 6.03 Å². The van der Waals surface area contributed by atoms with Crippen molar-refractivity contribution in [2.75, 3.05) is 13.1 Å². The molecule has 70 valence electrons. The van der Waals surface area contributed by atoms with Gasteiger partial charge in [0, 0.05) is 19.3 Å². The molecular formula is C9H18N2O. The van der Waals surface area contributed by atoms with Gasteiger partial charge in [-0.3, -0.25) is 0 Å². The van der Waals surface area contributed by atoms with E-state index in [4.69, 9.17) is 0 Å². The van der Waals surface area contributed by atoms with Crippen LogP contribution in [0.1, 0.15) is 27.2 Å². The lowest BCUT2D eigenvalue weighted by Gasteiger charge is -2.17. The summed E-state index contributed by atoms with van der Waals surface area (Å²) < 4.78 is 0. The van der Waals surface area contributed by atoms with Crippen molar-refractivity contribution >= 4 is 6.03 Å². The van der Waals surface area contributed by atoms with Crippen molar-refractivity contribution in [2.45, 2.75) is 27.2 Å². The molecule has 0 heterocycles. The molecule has 0 radical (unpaired) electrons. The van der Waals surface area contributed by atoms with Gasteiger partial charge in [-0.15, -0.1) is 0 Å². The van der Waals surface area contributed by atoms with Crippen LogP contribution in [0.15, 0.2) is 12.3 Å². The monoisotopic (exact) mass is 170 g/mol. The maximum atomic E-state index is 11.2. The van der Waals surface area contributed by atoms with Crippen LogP contribution in [0, 0.1) is 0 Å². The summed E-state index contributed by atoms with van der Waals surface area (Å²) in [5.41, 5.74) is 0. The number of nitrogens with one attached hydrogen (secondary N) is 1. The molecule has 0 aromatic carbocycles. The van der Waals surface area contributed by atoms with Gasteiger partial charge in [0.2, 0.25) is 0 Å². The normalized spacial score (nSPS) is 10.2. The Bertz CT molecular complexity index is 151. The second-order valence-corrected chi connectivity index (χ2v) is 2.43. The van der Waals surface area contributed by atoms with Crippen LogP contribution < -0.4 is 5.32 Å². The third kappa shape index (κ3) is 4.01. The van der Waals surface area contributed by atoms with Crippen molar-refractivity contribution in [3.8, 4) is 0 Å². The molecule has 0 unspecified atom stereocenters. The zero-order valence-corrected chi connectivity index (χ0v) is 8.13. The first-order valence-electron chi connectivity index (χ1n) is 4.46. The van der Waals surface area contributed by atoms with Crippen LogP contribution in [-0.2, 0) is 0 Å². The lowest BCUT2D eigenvalue weighted by Crippen LogP contribution is -2.37. The molecular weight excluding hydrogens is 152 g/mol. The van der Waals surface area contributed by atoms with Gasteiger partial charge in [-0.05, 0) is 20.3 Å². The maximum Gasteiger partial charge on any atom is 0.321 e. The van der Waals surface area contributed by atoms with Gasteiger partial charge in [-0.1, -0.05) is 13.0 Å². The number of urea groups is 1. The fraction of sp³-hybridized carbons (Fsp3) is 0.667. The summed E-state index contributed by atoms with van der Waals surface area (Å²) in [7, 11) is 0. The van der Waals surface area contributed by atoms with Gasteiger partial charge in [0.25, 0.3) is 0 Å². The molecule has 3 nitrogen and oxygen atoms in total. The Hall–Kier alpha value is -0.990. The summed E-state index contributed by atoms with van der Waals surface area (Å²) in [5.74, 6) is 0. The van der Waals surface area contributed by atoms with Crippen LogP contribution in [-0.4, -0.2) is 24.0 Å². The van der Waals surface area contributed by atoms with E-state index in [0.717, 1.165) is 19.5 Å². The van der Waals surface area contributed by atoms with Crippen LogP contribution >= 0.6 is 0 Å². The molecule has 0 fully saturated rings. The smallest absolute Gasteiger partial charge is 0.321 e. The van der Waals surface area contributed by atoms with Gasteiger partial charge in [0.1, 0.15) is 0 Å². The molecule has 0 bridgehead atoms. The topological polar surface area (TPSA) is 32.3 Å². The highest BCUT2D eigenvalue weighted by Gasteiger charge is 2.05. The molecule has 12 heavy (non-hydrogen) atoms. The molecule has 0 aliphatic rings. The SMILES string of the molecule is CC/C=C/NC(=O)N(CC)CC.